The minimum atomic E-state index is -0.558. The molecular formula is C19H20BrClN2O2S. The van der Waals surface area contributed by atoms with Crippen molar-refractivity contribution in [2.75, 3.05) is 12.8 Å². The summed E-state index contributed by atoms with van der Waals surface area (Å²) < 4.78 is 0.936. The third kappa shape index (κ3) is 6.04. The molecule has 0 bridgehead atoms. The molecule has 0 aromatic heterocycles. The highest BCUT2D eigenvalue weighted by Crippen LogP contribution is 2.22. The van der Waals surface area contributed by atoms with Crippen molar-refractivity contribution in [3.63, 3.8) is 0 Å². The summed E-state index contributed by atoms with van der Waals surface area (Å²) >= 11 is 10.8. The third-order valence-corrected chi connectivity index (χ3v) is 5.57. The average Bonchev–Trinajstić information content (AvgIpc) is 2.64. The summed E-state index contributed by atoms with van der Waals surface area (Å²) in [6, 6.07) is 14.5. The van der Waals surface area contributed by atoms with Crippen LogP contribution in [0.15, 0.2) is 57.9 Å². The molecule has 7 heteroatoms. The van der Waals surface area contributed by atoms with Crippen LogP contribution in [0.5, 0.6) is 0 Å². The summed E-state index contributed by atoms with van der Waals surface area (Å²) in [6.45, 7) is 2.11. The summed E-state index contributed by atoms with van der Waals surface area (Å²) in [7, 11) is 1.57. The van der Waals surface area contributed by atoms with Crippen LogP contribution in [0.2, 0.25) is 5.02 Å². The van der Waals surface area contributed by atoms with E-state index in [0.29, 0.717) is 11.6 Å². The molecule has 2 rings (SSSR count). The fourth-order valence-corrected chi connectivity index (χ4v) is 3.74. The van der Waals surface area contributed by atoms with E-state index in [1.54, 1.807) is 31.0 Å². The molecule has 0 heterocycles. The van der Waals surface area contributed by atoms with Gasteiger partial charge in [-0.15, -0.1) is 11.8 Å². The first-order chi connectivity index (χ1) is 12.4. The van der Waals surface area contributed by atoms with E-state index in [4.69, 9.17) is 11.6 Å². The monoisotopic (exact) mass is 454 g/mol. The number of halogens is 2. The lowest BCUT2D eigenvalue weighted by atomic mass is 10.1. The summed E-state index contributed by atoms with van der Waals surface area (Å²) in [6.07, 6.45) is 0. The lowest BCUT2D eigenvalue weighted by molar-refractivity contribution is -0.138. The Bertz CT molecular complexity index is 770. The van der Waals surface area contributed by atoms with Gasteiger partial charge in [0, 0.05) is 28.0 Å². The minimum absolute atomic E-state index is 0.0963. The van der Waals surface area contributed by atoms with Crippen molar-refractivity contribution < 1.29 is 9.59 Å². The number of carbonyl (C=O) groups excluding carboxylic acids is 2. The Morgan fingerprint density at radius 1 is 1.23 bits per heavy atom. The molecule has 0 spiro atoms. The van der Waals surface area contributed by atoms with E-state index in [-0.39, 0.29) is 17.6 Å². The number of nitrogens with zero attached hydrogens (tertiary/aromatic N) is 1. The van der Waals surface area contributed by atoms with Gasteiger partial charge < -0.3 is 10.2 Å². The Hall–Kier alpha value is -1.50. The average molecular weight is 456 g/mol. The van der Waals surface area contributed by atoms with Gasteiger partial charge in [-0.1, -0.05) is 39.7 Å². The Labute approximate surface area is 171 Å². The number of hydrogen-bond acceptors (Lipinski definition) is 3. The zero-order valence-corrected chi connectivity index (χ0v) is 17.7. The molecule has 0 aliphatic heterocycles. The van der Waals surface area contributed by atoms with Gasteiger partial charge in [0.05, 0.1) is 5.75 Å². The number of thioether (sulfide) groups is 1. The van der Waals surface area contributed by atoms with Crippen molar-refractivity contribution in [3.8, 4) is 0 Å². The van der Waals surface area contributed by atoms with Crippen LogP contribution in [0, 0.1) is 0 Å². The van der Waals surface area contributed by atoms with Crippen LogP contribution in [-0.4, -0.2) is 35.6 Å². The van der Waals surface area contributed by atoms with Gasteiger partial charge in [0.2, 0.25) is 11.8 Å². The van der Waals surface area contributed by atoms with E-state index in [2.05, 4.69) is 21.2 Å². The Kier molecular flexibility index (Phi) is 8.00. The second kappa shape index (κ2) is 10.00. The molecule has 0 radical (unpaired) electrons. The van der Waals surface area contributed by atoms with Gasteiger partial charge in [-0.3, -0.25) is 9.59 Å². The molecule has 0 unspecified atom stereocenters. The molecule has 2 aromatic carbocycles. The topological polar surface area (TPSA) is 49.4 Å². The third-order valence-electron chi connectivity index (χ3n) is 3.83. The van der Waals surface area contributed by atoms with Crippen molar-refractivity contribution in [2.24, 2.45) is 0 Å². The summed E-state index contributed by atoms with van der Waals surface area (Å²) in [5, 5.41) is 3.27. The predicted molar refractivity (Wildman–Crippen MR) is 110 cm³/mol. The van der Waals surface area contributed by atoms with E-state index in [0.717, 1.165) is 14.9 Å². The molecule has 0 aliphatic carbocycles. The molecule has 2 aromatic rings. The van der Waals surface area contributed by atoms with Gasteiger partial charge in [0.25, 0.3) is 0 Å². The van der Waals surface area contributed by atoms with Crippen molar-refractivity contribution in [2.45, 2.75) is 24.4 Å². The molecule has 1 N–H and O–H groups in total. The Morgan fingerprint density at radius 3 is 2.54 bits per heavy atom. The highest BCUT2D eigenvalue weighted by molar-refractivity contribution is 9.10. The molecular weight excluding hydrogens is 436 g/mol. The molecule has 26 heavy (non-hydrogen) atoms. The SMILES string of the molecule is CNC(=O)[C@H](C)N(Cc1cccc(Br)c1)C(=O)CSc1ccc(Cl)cc1. The quantitative estimate of drug-likeness (QED) is 0.631. The highest BCUT2D eigenvalue weighted by Gasteiger charge is 2.25. The second-order valence-corrected chi connectivity index (χ2v) is 8.09. The standard InChI is InChI=1S/C19H20BrClN2O2S/c1-13(19(25)22-2)23(11-14-4-3-5-15(20)10-14)18(24)12-26-17-8-6-16(21)7-9-17/h3-10,13H,11-12H2,1-2H3,(H,22,25)/t13-/m0/s1. The summed E-state index contributed by atoms with van der Waals surface area (Å²) in [5.41, 5.74) is 0.958. The van der Waals surface area contributed by atoms with Crippen LogP contribution in [0.4, 0.5) is 0 Å². The van der Waals surface area contributed by atoms with Crippen molar-refractivity contribution >= 4 is 51.1 Å². The number of likely N-dealkylation sites (N-methyl/N-ethyl adjacent to an activating group) is 1. The van der Waals surface area contributed by atoms with Crippen molar-refractivity contribution in [1.82, 2.24) is 10.2 Å². The molecule has 138 valence electrons. The zero-order valence-electron chi connectivity index (χ0n) is 14.5. The van der Waals surface area contributed by atoms with Gasteiger partial charge in [-0.25, -0.2) is 0 Å². The summed E-state index contributed by atoms with van der Waals surface area (Å²) in [4.78, 5) is 27.5. The fraction of sp³-hybridized carbons (Fsp3) is 0.263. The lowest BCUT2D eigenvalue weighted by Crippen LogP contribution is -2.47. The van der Waals surface area contributed by atoms with E-state index >= 15 is 0 Å². The summed E-state index contributed by atoms with van der Waals surface area (Å²) in [5.74, 6) is -0.0392. The maximum absolute atomic E-state index is 12.8. The molecule has 0 saturated carbocycles. The second-order valence-electron chi connectivity index (χ2n) is 5.68. The highest BCUT2D eigenvalue weighted by atomic mass is 79.9. The molecule has 4 nitrogen and oxygen atoms in total. The van der Waals surface area contributed by atoms with Gasteiger partial charge in [0.15, 0.2) is 0 Å². The van der Waals surface area contributed by atoms with Crippen LogP contribution < -0.4 is 5.32 Å². The number of amides is 2. The van der Waals surface area contributed by atoms with Gasteiger partial charge in [0.1, 0.15) is 6.04 Å². The van der Waals surface area contributed by atoms with Crippen LogP contribution in [-0.2, 0) is 16.1 Å². The number of hydrogen-bond donors (Lipinski definition) is 1. The molecule has 1 atom stereocenters. The van der Waals surface area contributed by atoms with Crippen LogP contribution in [0.1, 0.15) is 12.5 Å². The number of rotatable bonds is 7. The van der Waals surface area contributed by atoms with Crippen LogP contribution in [0.25, 0.3) is 0 Å². The van der Waals surface area contributed by atoms with E-state index < -0.39 is 6.04 Å². The maximum Gasteiger partial charge on any atom is 0.242 e. The maximum atomic E-state index is 12.8. The van der Waals surface area contributed by atoms with Crippen LogP contribution in [0.3, 0.4) is 0 Å². The molecule has 2 amide bonds. The Morgan fingerprint density at radius 2 is 1.92 bits per heavy atom. The fourth-order valence-electron chi connectivity index (χ4n) is 2.38. The van der Waals surface area contributed by atoms with Gasteiger partial charge in [-0.05, 0) is 48.9 Å². The number of carbonyl (C=O) groups is 2. The lowest BCUT2D eigenvalue weighted by Gasteiger charge is -2.28. The smallest absolute Gasteiger partial charge is 0.242 e. The first-order valence-electron chi connectivity index (χ1n) is 8.04. The largest absolute Gasteiger partial charge is 0.357 e. The number of benzene rings is 2. The molecule has 0 aliphatic rings. The van der Waals surface area contributed by atoms with E-state index in [1.807, 2.05) is 36.4 Å². The van der Waals surface area contributed by atoms with Crippen molar-refractivity contribution in [3.05, 3.63) is 63.6 Å². The Balaban J connectivity index is 2.12. The zero-order chi connectivity index (χ0) is 19.1. The van der Waals surface area contributed by atoms with E-state index in [1.165, 1.54) is 11.8 Å². The van der Waals surface area contributed by atoms with E-state index in [9.17, 15) is 9.59 Å². The van der Waals surface area contributed by atoms with Gasteiger partial charge >= 0.3 is 0 Å². The minimum Gasteiger partial charge on any atom is -0.357 e. The normalized spacial score (nSPS) is 11.7. The predicted octanol–water partition coefficient (Wildman–Crippen LogP) is 4.36. The molecule has 0 saturated heterocycles. The molecule has 0 fully saturated rings. The van der Waals surface area contributed by atoms with Crippen LogP contribution >= 0.6 is 39.3 Å². The first kappa shape index (κ1) is 20.8. The number of nitrogens with one attached hydrogen (secondary N) is 1. The van der Waals surface area contributed by atoms with Gasteiger partial charge in [-0.2, -0.15) is 0 Å². The van der Waals surface area contributed by atoms with Crippen molar-refractivity contribution in [1.29, 1.82) is 0 Å². The first-order valence-corrected chi connectivity index (χ1v) is 10.2.